The monoisotopic (exact) mass is 266 g/mol. The van der Waals surface area contributed by atoms with E-state index < -0.39 is 9.84 Å². The van der Waals surface area contributed by atoms with Crippen LogP contribution in [0.3, 0.4) is 0 Å². The first-order valence-electron chi connectivity index (χ1n) is 4.59. The lowest BCUT2D eigenvalue weighted by Crippen LogP contribution is -2.08. The second-order valence-corrected chi connectivity index (χ2v) is 6.34. The summed E-state index contributed by atoms with van der Waals surface area (Å²) in [7, 11) is -3.02. The number of halogens is 2. The van der Waals surface area contributed by atoms with E-state index >= 15 is 0 Å². The molecule has 0 amide bonds. The Morgan fingerprint density at radius 1 is 1.20 bits per heavy atom. The van der Waals surface area contributed by atoms with Crippen LogP contribution in [0.5, 0.6) is 0 Å². The Kier molecular flexibility index (Phi) is 4.44. The summed E-state index contributed by atoms with van der Waals surface area (Å²) < 4.78 is 23.0. The van der Waals surface area contributed by atoms with Crippen LogP contribution in [0, 0.1) is 0 Å². The maximum absolute atomic E-state index is 11.5. The van der Waals surface area contributed by atoms with Gasteiger partial charge < -0.3 is 0 Å². The molecule has 0 bridgehead atoms. The average molecular weight is 267 g/mol. The summed E-state index contributed by atoms with van der Waals surface area (Å²) >= 11 is 11.5. The standard InChI is InChI=1S/C10H12Cl2O2S/c1-2-5-15(13,14)7-8-3-4-9(11)10(12)6-8/h3-4,6H,2,5,7H2,1H3. The molecule has 0 aliphatic carbocycles. The molecule has 84 valence electrons. The van der Waals surface area contributed by atoms with Gasteiger partial charge in [0.15, 0.2) is 9.84 Å². The molecule has 0 aliphatic rings. The second kappa shape index (κ2) is 5.19. The fourth-order valence-electron chi connectivity index (χ4n) is 1.27. The second-order valence-electron chi connectivity index (χ2n) is 3.34. The van der Waals surface area contributed by atoms with E-state index in [2.05, 4.69) is 0 Å². The molecule has 0 unspecified atom stereocenters. The van der Waals surface area contributed by atoms with Gasteiger partial charge in [-0.1, -0.05) is 36.2 Å². The van der Waals surface area contributed by atoms with E-state index in [0.29, 0.717) is 22.0 Å². The van der Waals surface area contributed by atoms with Crippen LogP contribution in [0.4, 0.5) is 0 Å². The Bertz CT molecular complexity index is 441. The van der Waals surface area contributed by atoms with Crippen molar-refractivity contribution in [3.05, 3.63) is 33.8 Å². The Hall–Kier alpha value is -0.250. The third-order valence-corrected chi connectivity index (χ3v) is 4.43. The molecular formula is C10H12Cl2O2S. The fourth-order valence-corrected chi connectivity index (χ4v) is 3.04. The molecule has 0 radical (unpaired) electrons. The SMILES string of the molecule is CCCS(=O)(=O)Cc1ccc(Cl)c(Cl)c1. The molecule has 0 spiro atoms. The molecule has 0 fully saturated rings. The third kappa shape index (κ3) is 4.01. The maximum atomic E-state index is 11.5. The minimum atomic E-state index is -3.02. The predicted octanol–water partition coefficient (Wildman–Crippen LogP) is 3.32. The summed E-state index contributed by atoms with van der Waals surface area (Å²) in [5.41, 5.74) is 0.679. The molecule has 0 heterocycles. The van der Waals surface area contributed by atoms with Crippen molar-refractivity contribution in [2.45, 2.75) is 19.1 Å². The highest BCUT2D eigenvalue weighted by Gasteiger charge is 2.11. The Morgan fingerprint density at radius 2 is 1.87 bits per heavy atom. The van der Waals surface area contributed by atoms with Gasteiger partial charge >= 0.3 is 0 Å². The molecule has 1 aromatic carbocycles. The summed E-state index contributed by atoms with van der Waals surface area (Å²) in [4.78, 5) is 0. The predicted molar refractivity (Wildman–Crippen MR) is 64.2 cm³/mol. The quantitative estimate of drug-likeness (QED) is 0.838. The normalized spacial score (nSPS) is 11.7. The molecule has 1 aromatic rings. The van der Waals surface area contributed by atoms with Crippen molar-refractivity contribution in [1.29, 1.82) is 0 Å². The van der Waals surface area contributed by atoms with Crippen molar-refractivity contribution in [2.24, 2.45) is 0 Å². The molecular weight excluding hydrogens is 255 g/mol. The highest BCUT2D eigenvalue weighted by atomic mass is 35.5. The van der Waals surface area contributed by atoms with Crippen LogP contribution in [-0.4, -0.2) is 14.2 Å². The number of rotatable bonds is 4. The van der Waals surface area contributed by atoms with Crippen LogP contribution in [0.1, 0.15) is 18.9 Å². The van der Waals surface area contributed by atoms with Crippen LogP contribution in [0.15, 0.2) is 18.2 Å². The minimum absolute atomic E-state index is 0.0255. The first kappa shape index (κ1) is 12.8. The topological polar surface area (TPSA) is 34.1 Å². The number of benzene rings is 1. The molecule has 1 rings (SSSR count). The molecule has 0 saturated carbocycles. The smallest absolute Gasteiger partial charge is 0.154 e. The van der Waals surface area contributed by atoms with E-state index in [1.54, 1.807) is 18.2 Å². The van der Waals surface area contributed by atoms with Gasteiger partial charge in [-0.2, -0.15) is 0 Å². The van der Waals surface area contributed by atoms with Crippen molar-refractivity contribution in [2.75, 3.05) is 5.75 Å². The zero-order valence-corrected chi connectivity index (χ0v) is 10.7. The van der Waals surface area contributed by atoms with Crippen molar-refractivity contribution in [3.63, 3.8) is 0 Å². The van der Waals surface area contributed by atoms with E-state index in [0.717, 1.165) is 0 Å². The third-order valence-electron chi connectivity index (χ3n) is 1.89. The van der Waals surface area contributed by atoms with Gasteiger partial charge in [0.2, 0.25) is 0 Å². The first-order valence-corrected chi connectivity index (χ1v) is 7.16. The fraction of sp³-hybridized carbons (Fsp3) is 0.400. The summed E-state index contributed by atoms with van der Waals surface area (Å²) in [5.74, 6) is 0.227. The van der Waals surface area contributed by atoms with Gasteiger partial charge in [-0.3, -0.25) is 0 Å². The molecule has 0 aromatic heterocycles. The molecule has 0 aliphatic heterocycles. The molecule has 0 saturated heterocycles. The lowest BCUT2D eigenvalue weighted by Gasteiger charge is -2.04. The van der Waals surface area contributed by atoms with Crippen LogP contribution >= 0.6 is 23.2 Å². The van der Waals surface area contributed by atoms with E-state index in [-0.39, 0.29) is 11.5 Å². The summed E-state index contributed by atoms with van der Waals surface area (Å²) in [6.07, 6.45) is 0.629. The van der Waals surface area contributed by atoms with Crippen LogP contribution in [-0.2, 0) is 15.6 Å². The molecule has 0 N–H and O–H groups in total. The Balaban J connectivity index is 2.86. The van der Waals surface area contributed by atoms with Crippen molar-refractivity contribution in [1.82, 2.24) is 0 Å². The van der Waals surface area contributed by atoms with Gasteiger partial charge in [-0.15, -0.1) is 0 Å². The molecule has 0 atom stereocenters. The Morgan fingerprint density at radius 3 is 2.40 bits per heavy atom. The molecule has 2 nitrogen and oxygen atoms in total. The van der Waals surface area contributed by atoms with Gasteiger partial charge in [0.1, 0.15) is 0 Å². The summed E-state index contributed by atoms with van der Waals surface area (Å²) in [5, 5.41) is 0.828. The highest BCUT2D eigenvalue weighted by molar-refractivity contribution is 7.90. The van der Waals surface area contributed by atoms with E-state index in [9.17, 15) is 8.42 Å². The van der Waals surface area contributed by atoms with Gasteiger partial charge in [0, 0.05) is 0 Å². The van der Waals surface area contributed by atoms with Gasteiger partial charge in [0.25, 0.3) is 0 Å². The van der Waals surface area contributed by atoms with Crippen molar-refractivity contribution in [3.8, 4) is 0 Å². The van der Waals surface area contributed by atoms with E-state index in [1.165, 1.54) is 0 Å². The van der Waals surface area contributed by atoms with Gasteiger partial charge in [0.05, 0.1) is 21.6 Å². The zero-order chi connectivity index (χ0) is 11.5. The lowest BCUT2D eigenvalue weighted by molar-refractivity contribution is 0.594. The number of sulfone groups is 1. The average Bonchev–Trinajstić information content (AvgIpc) is 2.10. The number of hydrogen-bond acceptors (Lipinski definition) is 2. The van der Waals surface area contributed by atoms with Crippen molar-refractivity contribution >= 4 is 33.0 Å². The van der Waals surface area contributed by atoms with E-state index in [1.807, 2.05) is 6.92 Å². The summed E-state index contributed by atoms with van der Waals surface area (Å²) in [6.45, 7) is 1.84. The Labute approximate surface area is 100 Å². The molecule has 5 heteroatoms. The van der Waals surface area contributed by atoms with Crippen LogP contribution in [0.25, 0.3) is 0 Å². The first-order chi connectivity index (χ1) is 6.94. The number of hydrogen-bond donors (Lipinski definition) is 0. The van der Waals surface area contributed by atoms with Crippen LogP contribution in [0.2, 0.25) is 10.0 Å². The minimum Gasteiger partial charge on any atom is -0.228 e. The largest absolute Gasteiger partial charge is 0.228 e. The summed E-state index contributed by atoms with van der Waals surface area (Å²) in [6, 6.07) is 4.89. The van der Waals surface area contributed by atoms with E-state index in [4.69, 9.17) is 23.2 Å². The maximum Gasteiger partial charge on any atom is 0.154 e. The van der Waals surface area contributed by atoms with Gasteiger partial charge in [-0.05, 0) is 24.1 Å². The van der Waals surface area contributed by atoms with Gasteiger partial charge in [-0.25, -0.2) is 8.42 Å². The lowest BCUT2D eigenvalue weighted by atomic mass is 10.2. The van der Waals surface area contributed by atoms with Crippen LogP contribution < -0.4 is 0 Å². The zero-order valence-electron chi connectivity index (χ0n) is 8.33. The molecule has 15 heavy (non-hydrogen) atoms. The van der Waals surface area contributed by atoms with Crippen molar-refractivity contribution < 1.29 is 8.42 Å². The highest BCUT2D eigenvalue weighted by Crippen LogP contribution is 2.23.